The van der Waals surface area contributed by atoms with Crippen molar-refractivity contribution in [2.24, 2.45) is 0 Å². The van der Waals surface area contributed by atoms with Gasteiger partial charge in [0.2, 0.25) is 0 Å². The third-order valence-electron chi connectivity index (χ3n) is 2.70. The fourth-order valence-electron chi connectivity index (χ4n) is 1.81. The number of hydrogen-bond donors (Lipinski definition) is 1. The Morgan fingerprint density at radius 2 is 2.53 bits per heavy atom. The van der Waals surface area contributed by atoms with E-state index in [1.807, 2.05) is 18.4 Å². The first-order valence-electron chi connectivity index (χ1n) is 5.57. The standard InChI is InChI=1S/C11H18N2S2/c1-12-5-4-10-7-13-11(15-10)9-3-2-6-14-8-9/h7,9,12H,2-6,8H2,1H3. The Labute approximate surface area is 99.9 Å². The van der Waals surface area contributed by atoms with E-state index in [2.05, 4.69) is 28.3 Å². The highest BCUT2D eigenvalue weighted by Crippen LogP contribution is 2.33. The van der Waals surface area contributed by atoms with Crippen LogP contribution in [-0.2, 0) is 6.42 Å². The zero-order chi connectivity index (χ0) is 10.5. The molecule has 1 aromatic rings. The van der Waals surface area contributed by atoms with Gasteiger partial charge in [-0.2, -0.15) is 11.8 Å². The van der Waals surface area contributed by atoms with E-state index in [0.717, 1.165) is 18.9 Å². The molecule has 15 heavy (non-hydrogen) atoms. The first kappa shape index (κ1) is 11.4. The van der Waals surface area contributed by atoms with Gasteiger partial charge in [0.05, 0.1) is 5.01 Å². The van der Waals surface area contributed by atoms with Crippen molar-refractivity contribution in [3.8, 4) is 0 Å². The predicted molar refractivity (Wildman–Crippen MR) is 69.0 cm³/mol. The van der Waals surface area contributed by atoms with E-state index in [-0.39, 0.29) is 0 Å². The zero-order valence-corrected chi connectivity index (χ0v) is 10.8. The summed E-state index contributed by atoms with van der Waals surface area (Å²) in [7, 11) is 2.00. The van der Waals surface area contributed by atoms with E-state index in [1.165, 1.54) is 34.2 Å². The van der Waals surface area contributed by atoms with E-state index in [4.69, 9.17) is 0 Å². The van der Waals surface area contributed by atoms with Crippen molar-refractivity contribution < 1.29 is 0 Å². The molecule has 0 aromatic carbocycles. The lowest BCUT2D eigenvalue weighted by Gasteiger charge is -2.18. The van der Waals surface area contributed by atoms with Gasteiger partial charge >= 0.3 is 0 Å². The molecule has 84 valence electrons. The van der Waals surface area contributed by atoms with E-state index >= 15 is 0 Å². The average molecular weight is 242 g/mol. The largest absolute Gasteiger partial charge is 0.319 e. The Kier molecular flexibility index (Phi) is 4.47. The maximum Gasteiger partial charge on any atom is 0.0966 e. The summed E-state index contributed by atoms with van der Waals surface area (Å²) in [6.07, 6.45) is 5.89. The van der Waals surface area contributed by atoms with Crippen LogP contribution >= 0.6 is 23.1 Å². The lowest BCUT2D eigenvalue weighted by molar-refractivity contribution is 0.656. The minimum Gasteiger partial charge on any atom is -0.319 e. The molecule has 1 atom stereocenters. The van der Waals surface area contributed by atoms with Gasteiger partial charge in [-0.25, -0.2) is 4.98 Å². The molecular weight excluding hydrogens is 224 g/mol. The second-order valence-electron chi connectivity index (χ2n) is 3.93. The monoisotopic (exact) mass is 242 g/mol. The maximum absolute atomic E-state index is 4.57. The molecule has 0 radical (unpaired) electrons. The first-order chi connectivity index (χ1) is 7.40. The summed E-state index contributed by atoms with van der Waals surface area (Å²) in [5.74, 6) is 3.35. The molecule has 1 aromatic heterocycles. The van der Waals surface area contributed by atoms with Crippen molar-refractivity contribution in [1.82, 2.24) is 10.3 Å². The fraction of sp³-hybridized carbons (Fsp3) is 0.727. The van der Waals surface area contributed by atoms with Gasteiger partial charge in [0.15, 0.2) is 0 Å². The fourth-order valence-corrected chi connectivity index (χ4v) is 4.11. The lowest BCUT2D eigenvalue weighted by Crippen LogP contribution is -2.09. The van der Waals surface area contributed by atoms with Crippen LogP contribution in [0.4, 0.5) is 0 Å². The van der Waals surface area contributed by atoms with Gasteiger partial charge < -0.3 is 5.32 Å². The van der Waals surface area contributed by atoms with Crippen molar-refractivity contribution in [3.63, 3.8) is 0 Å². The number of rotatable bonds is 4. The van der Waals surface area contributed by atoms with E-state index < -0.39 is 0 Å². The number of thioether (sulfide) groups is 1. The van der Waals surface area contributed by atoms with Crippen molar-refractivity contribution in [1.29, 1.82) is 0 Å². The maximum atomic E-state index is 4.57. The Morgan fingerprint density at radius 3 is 3.27 bits per heavy atom. The zero-order valence-electron chi connectivity index (χ0n) is 9.16. The third kappa shape index (κ3) is 3.20. The van der Waals surface area contributed by atoms with Crippen LogP contribution in [0.3, 0.4) is 0 Å². The number of nitrogens with one attached hydrogen (secondary N) is 1. The van der Waals surface area contributed by atoms with E-state index in [9.17, 15) is 0 Å². The van der Waals surface area contributed by atoms with Gasteiger partial charge in [-0.3, -0.25) is 0 Å². The molecule has 0 amide bonds. The summed E-state index contributed by atoms with van der Waals surface area (Å²) < 4.78 is 0. The smallest absolute Gasteiger partial charge is 0.0966 e. The molecule has 0 bridgehead atoms. The second kappa shape index (κ2) is 5.87. The molecule has 0 saturated carbocycles. The molecule has 1 fully saturated rings. The van der Waals surface area contributed by atoms with Crippen LogP contribution in [0.1, 0.15) is 28.6 Å². The Balaban J connectivity index is 1.93. The molecule has 1 saturated heterocycles. The molecule has 1 aliphatic heterocycles. The number of likely N-dealkylation sites (N-methyl/N-ethyl adjacent to an activating group) is 1. The summed E-state index contributed by atoms with van der Waals surface area (Å²) in [4.78, 5) is 6.00. The Bertz CT molecular complexity index is 293. The van der Waals surface area contributed by atoms with Gasteiger partial charge in [-0.15, -0.1) is 11.3 Å². The number of thiazole rings is 1. The van der Waals surface area contributed by atoms with Crippen molar-refractivity contribution in [2.45, 2.75) is 25.2 Å². The summed E-state index contributed by atoms with van der Waals surface area (Å²) in [6, 6.07) is 0. The highest BCUT2D eigenvalue weighted by Gasteiger charge is 2.18. The molecule has 2 nitrogen and oxygen atoms in total. The minimum atomic E-state index is 0.733. The third-order valence-corrected chi connectivity index (χ3v) is 5.14. The van der Waals surface area contributed by atoms with Crippen LogP contribution in [0, 0.1) is 0 Å². The van der Waals surface area contributed by atoms with Crippen molar-refractivity contribution in [2.75, 3.05) is 25.1 Å². The Hall–Kier alpha value is -0.0600. The molecule has 2 rings (SSSR count). The Morgan fingerprint density at radius 1 is 1.60 bits per heavy atom. The number of nitrogens with zero attached hydrogens (tertiary/aromatic N) is 1. The van der Waals surface area contributed by atoms with Gasteiger partial charge in [0, 0.05) is 22.7 Å². The van der Waals surface area contributed by atoms with Crippen LogP contribution in [0.15, 0.2) is 6.20 Å². The van der Waals surface area contributed by atoms with Gasteiger partial charge in [-0.1, -0.05) is 0 Å². The van der Waals surface area contributed by atoms with Crippen LogP contribution in [-0.4, -0.2) is 30.1 Å². The van der Waals surface area contributed by atoms with Crippen LogP contribution < -0.4 is 5.32 Å². The quantitative estimate of drug-likeness (QED) is 0.878. The summed E-state index contributed by atoms with van der Waals surface area (Å²) >= 11 is 3.99. The number of aromatic nitrogens is 1. The highest BCUT2D eigenvalue weighted by molar-refractivity contribution is 7.99. The summed E-state index contributed by atoms with van der Waals surface area (Å²) in [6.45, 7) is 1.06. The summed E-state index contributed by atoms with van der Waals surface area (Å²) in [5, 5.41) is 4.55. The highest BCUT2D eigenvalue weighted by atomic mass is 32.2. The molecule has 4 heteroatoms. The van der Waals surface area contributed by atoms with Crippen LogP contribution in [0.2, 0.25) is 0 Å². The van der Waals surface area contributed by atoms with E-state index in [0.29, 0.717) is 0 Å². The van der Waals surface area contributed by atoms with Crippen molar-refractivity contribution >= 4 is 23.1 Å². The average Bonchev–Trinajstić information content (AvgIpc) is 2.76. The molecule has 1 unspecified atom stereocenters. The molecular formula is C11H18N2S2. The van der Waals surface area contributed by atoms with Crippen LogP contribution in [0.25, 0.3) is 0 Å². The topological polar surface area (TPSA) is 24.9 Å². The molecule has 0 spiro atoms. The number of hydrogen-bond acceptors (Lipinski definition) is 4. The predicted octanol–water partition coefficient (Wildman–Crippen LogP) is 2.52. The molecule has 1 aliphatic rings. The molecule has 1 N–H and O–H groups in total. The second-order valence-corrected chi connectivity index (χ2v) is 6.23. The molecule has 0 aliphatic carbocycles. The molecule has 2 heterocycles. The van der Waals surface area contributed by atoms with Crippen LogP contribution in [0.5, 0.6) is 0 Å². The normalized spacial score (nSPS) is 21.8. The SMILES string of the molecule is CNCCc1cnc(C2CCCSC2)s1. The minimum absolute atomic E-state index is 0.733. The summed E-state index contributed by atoms with van der Waals surface area (Å²) in [5.41, 5.74) is 0. The first-order valence-corrected chi connectivity index (χ1v) is 7.54. The lowest BCUT2D eigenvalue weighted by atomic mass is 10.1. The van der Waals surface area contributed by atoms with E-state index in [1.54, 1.807) is 0 Å². The van der Waals surface area contributed by atoms with Gasteiger partial charge in [0.25, 0.3) is 0 Å². The van der Waals surface area contributed by atoms with Gasteiger partial charge in [-0.05, 0) is 38.6 Å². The van der Waals surface area contributed by atoms with Gasteiger partial charge in [0.1, 0.15) is 0 Å². The van der Waals surface area contributed by atoms with Crippen molar-refractivity contribution in [3.05, 3.63) is 16.1 Å².